The molecule has 0 aliphatic heterocycles. The van der Waals surface area contributed by atoms with Gasteiger partial charge in [0, 0.05) is 38.4 Å². The molecule has 4 nitrogen and oxygen atoms in total. The molecule has 0 spiro atoms. The molecule has 0 N–H and O–H groups in total. The monoisotopic (exact) mass is 621 g/mol. The van der Waals surface area contributed by atoms with E-state index >= 15 is 0 Å². The van der Waals surface area contributed by atoms with Gasteiger partial charge in [-0.25, -0.2) is 9.97 Å². The van der Waals surface area contributed by atoms with Gasteiger partial charge in [0.25, 0.3) is 0 Å². The zero-order chi connectivity index (χ0) is 31.4. The largest absolute Gasteiger partial charge is 0.309 e. The van der Waals surface area contributed by atoms with Crippen LogP contribution >= 0.6 is 7.14 Å². The summed E-state index contributed by atoms with van der Waals surface area (Å²) in [7, 11) is -3.05. The Hall–Kier alpha value is -5.83. The van der Waals surface area contributed by atoms with Crippen molar-refractivity contribution in [1.29, 1.82) is 0 Å². The Bertz CT molecular complexity index is 2620. The van der Waals surface area contributed by atoms with Crippen molar-refractivity contribution in [3.8, 4) is 22.4 Å². The van der Waals surface area contributed by atoms with E-state index < -0.39 is 7.14 Å². The fourth-order valence-electron chi connectivity index (χ4n) is 6.73. The van der Waals surface area contributed by atoms with Gasteiger partial charge < -0.3 is 4.57 Å². The van der Waals surface area contributed by atoms with Crippen LogP contribution in [0.4, 0.5) is 0 Å². The number of pyridine rings is 2. The van der Waals surface area contributed by atoms with E-state index in [1.54, 1.807) is 0 Å². The second-order valence-electron chi connectivity index (χ2n) is 11.8. The molecule has 0 saturated heterocycles. The van der Waals surface area contributed by atoms with Crippen molar-refractivity contribution in [2.24, 2.45) is 0 Å². The second-order valence-corrected chi connectivity index (χ2v) is 14.6. The Kier molecular flexibility index (Phi) is 6.38. The van der Waals surface area contributed by atoms with E-state index in [1.165, 1.54) is 0 Å². The van der Waals surface area contributed by atoms with Crippen LogP contribution in [0.25, 0.3) is 60.7 Å². The van der Waals surface area contributed by atoms with Crippen LogP contribution in [0.15, 0.2) is 170 Å². The first-order valence-corrected chi connectivity index (χ1v) is 17.4. The van der Waals surface area contributed by atoms with E-state index in [-0.39, 0.29) is 0 Å². The molecule has 0 fully saturated rings. The van der Waals surface area contributed by atoms with E-state index in [4.69, 9.17) is 9.97 Å². The van der Waals surface area contributed by atoms with Gasteiger partial charge in [-0.3, -0.25) is 4.40 Å². The van der Waals surface area contributed by atoms with Gasteiger partial charge in [-0.1, -0.05) is 133 Å². The molecule has 0 amide bonds. The highest BCUT2D eigenvalue weighted by Crippen LogP contribution is 2.43. The highest BCUT2D eigenvalue weighted by Gasteiger charge is 2.29. The van der Waals surface area contributed by atoms with Crippen molar-refractivity contribution < 1.29 is 4.57 Å². The minimum absolute atomic E-state index is 0.831. The molecular formula is C42H28N3OP. The molecule has 0 unspecified atom stereocenters. The summed E-state index contributed by atoms with van der Waals surface area (Å²) >= 11 is 0. The van der Waals surface area contributed by atoms with E-state index in [0.29, 0.717) is 0 Å². The molecule has 222 valence electrons. The Morgan fingerprint density at radius 3 is 1.89 bits per heavy atom. The quantitative estimate of drug-likeness (QED) is 0.180. The summed E-state index contributed by atoms with van der Waals surface area (Å²) in [6, 6.07) is 55.4. The van der Waals surface area contributed by atoms with Crippen LogP contribution in [0.1, 0.15) is 0 Å². The smallest absolute Gasteiger partial charge is 0.171 e. The maximum Gasteiger partial charge on any atom is 0.171 e. The molecular weight excluding hydrogens is 593 g/mol. The SMILES string of the molecule is O=P(c1ccccc1)(c1ccccc1)c1ccc2cc(-c3cccc(-c4nc5c(nc6ccccn65)c5ccccc45)c3)ccc2c1. The van der Waals surface area contributed by atoms with Crippen LogP contribution in [0.5, 0.6) is 0 Å². The molecule has 0 aliphatic carbocycles. The number of nitrogens with zero attached hydrogens (tertiary/aromatic N) is 3. The molecule has 0 bridgehead atoms. The predicted octanol–water partition coefficient (Wildman–Crippen LogP) is 9.16. The van der Waals surface area contributed by atoms with Gasteiger partial charge in [-0.05, 0) is 52.2 Å². The molecule has 47 heavy (non-hydrogen) atoms. The summed E-state index contributed by atoms with van der Waals surface area (Å²) in [6.45, 7) is 0. The lowest BCUT2D eigenvalue weighted by Crippen LogP contribution is -2.24. The fourth-order valence-corrected chi connectivity index (χ4v) is 9.41. The molecule has 3 aromatic heterocycles. The van der Waals surface area contributed by atoms with Crippen LogP contribution < -0.4 is 15.9 Å². The third kappa shape index (κ3) is 4.49. The summed E-state index contributed by atoms with van der Waals surface area (Å²) in [5, 5.41) is 6.82. The lowest BCUT2D eigenvalue weighted by atomic mass is 9.97. The maximum absolute atomic E-state index is 14.9. The lowest BCUT2D eigenvalue weighted by Gasteiger charge is -2.20. The Morgan fingerprint density at radius 1 is 0.468 bits per heavy atom. The van der Waals surface area contributed by atoms with Crippen LogP contribution in [0.3, 0.4) is 0 Å². The highest BCUT2D eigenvalue weighted by molar-refractivity contribution is 7.85. The molecule has 9 aromatic rings. The van der Waals surface area contributed by atoms with Gasteiger partial charge in [0.2, 0.25) is 0 Å². The van der Waals surface area contributed by atoms with Crippen molar-refractivity contribution >= 4 is 61.4 Å². The first-order chi connectivity index (χ1) is 23.2. The van der Waals surface area contributed by atoms with Gasteiger partial charge >= 0.3 is 0 Å². The average Bonchev–Trinajstić information content (AvgIpc) is 3.53. The average molecular weight is 622 g/mol. The molecule has 5 heteroatoms. The number of aromatic nitrogens is 3. The van der Waals surface area contributed by atoms with Gasteiger partial charge in [-0.15, -0.1) is 0 Å². The molecule has 0 saturated carbocycles. The van der Waals surface area contributed by atoms with Gasteiger partial charge in [-0.2, -0.15) is 0 Å². The summed E-state index contributed by atoms with van der Waals surface area (Å²) < 4.78 is 17.0. The van der Waals surface area contributed by atoms with Crippen molar-refractivity contribution in [2.45, 2.75) is 0 Å². The third-order valence-corrected chi connectivity index (χ3v) is 12.1. The zero-order valence-electron chi connectivity index (χ0n) is 25.4. The van der Waals surface area contributed by atoms with Gasteiger partial charge in [0.15, 0.2) is 12.8 Å². The van der Waals surface area contributed by atoms with E-state index in [1.807, 2.05) is 91.1 Å². The van der Waals surface area contributed by atoms with Crippen molar-refractivity contribution in [3.63, 3.8) is 0 Å². The number of imidazole rings is 1. The first kappa shape index (κ1) is 27.5. The molecule has 0 atom stereocenters. The van der Waals surface area contributed by atoms with Crippen LogP contribution in [-0.2, 0) is 4.57 Å². The van der Waals surface area contributed by atoms with Crippen LogP contribution in [-0.4, -0.2) is 14.4 Å². The highest BCUT2D eigenvalue weighted by atomic mass is 31.2. The Labute approximate surface area is 272 Å². The predicted molar refractivity (Wildman–Crippen MR) is 196 cm³/mol. The second kappa shape index (κ2) is 10.9. The minimum Gasteiger partial charge on any atom is -0.309 e. The Morgan fingerprint density at radius 2 is 1.11 bits per heavy atom. The summed E-state index contributed by atoms with van der Waals surface area (Å²) in [5.74, 6) is 0. The molecule has 3 heterocycles. The molecule has 0 aliphatic rings. The third-order valence-electron chi connectivity index (χ3n) is 9.06. The number of hydrogen-bond donors (Lipinski definition) is 0. The number of benzene rings is 6. The van der Waals surface area contributed by atoms with Gasteiger partial charge in [0.1, 0.15) is 11.2 Å². The van der Waals surface area contributed by atoms with E-state index in [2.05, 4.69) is 83.3 Å². The first-order valence-electron chi connectivity index (χ1n) is 15.7. The van der Waals surface area contributed by atoms with Crippen LogP contribution in [0.2, 0.25) is 0 Å². The standard InChI is InChI=1S/C42H28N3OP/c46-47(34-14-3-1-4-15-34,35-16-5-2-6-17-35)36-24-23-31-26-30(21-22-32(31)28-36)29-12-11-13-33(27-29)40-37-18-7-8-19-38(37)41-42(44-40)45-25-10-9-20-39(45)43-41/h1-28H. The van der Waals surface area contributed by atoms with Crippen molar-refractivity contribution in [3.05, 3.63) is 170 Å². The number of fused-ring (bicyclic) bond motifs is 6. The summed E-state index contributed by atoms with van der Waals surface area (Å²) in [5.41, 5.74) is 6.85. The van der Waals surface area contributed by atoms with Crippen LogP contribution in [0, 0.1) is 0 Å². The maximum atomic E-state index is 14.9. The minimum atomic E-state index is -3.05. The fraction of sp³-hybridized carbons (Fsp3) is 0. The Balaban J connectivity index is 1.15. The van der Waals surface area contributed by atoms with E-state index in [9.17, 15) is 4.57 Å². The summed E-state index contributed by atoms with van der Waals surface area (Å²) in [6.07, 6.45) is 2.02. The number of hydrogen-bond acceptors (Lipinski definition) is 3. The normalized spacial score (nSPS) is 11.9. The van der Waals surface area contributed by atoms with Gasteiger partial charge in [0.05, 0.1) is 5.69 Å². The lowest BCUT2D eigenvalue weighted by molar-refractivity contribution is 0.592. The molecule has 9 rings (SSSR count). The molecule has 0 radical (unpaired) electrons. The topological polar surface area (TPSA) is 47.3 Å². The zero-order valence-corrected chi connectivity index (χ0v) is 26.3. The van der Waals surface area contributed by atoms with Crippen molar-refractivity contribution in [2.75, 3.05) is 0 Å². The number of rotatable bonds is 5. The molecule has 6 aromatic carbocycles. The van der Waals surface area contributed by atoms with E-state index in [0.717, 1.165) is 76.7 Å². The van der Waals surface area contributed by atoms with Crippen molar-refractivity contribution in [1.82, 2.24) is 14.4 Å². The summed E-state index contributed by atoms with van der Waals surface area (Å²) in [4.78, 5) is 10.1.